The minimum Gasteiger partial charge on any atom is -0.410 e. The zero-order valence-electron chi connectivity index (χ0n) is 11.6. The van der Waals surface area contributed by atoms with Crippen molar-refractivity contribution in [3.63, 3.8) is 0 Å². The lowest BCUT2D eigenvalue weighted by molar-refractivity contribution is 0.198. The molecule has 2 heterocycles. The number of carbonyl (C=O) groups is 1. The Morgan fingerprint density at radius 1 is 1.43 bits per heavy atom. The Kier molecular flexibility index (Phi) is 3.57. The van der Waals surface area contributed by atoms with Crippen LogP contribution < -0.4 is 10.1 Å². The number of amides is 1. The Morgan fingerprint density at radius 2 is 2.29 bits per heavy atom. The van der Waals surface area contributed by atoms with E-state index in [-0.39, 0.29) is 6.04 Å². The van der Waals surface area contributed by atoms with E-state index in [2.05, 4.69) is 20.3 Å². The third-order valence-electron chi connectivity index (χ3n) is 2.75. The van der Waals surface area contributed by atoms with Crippen LogP contribution >= 0.6 is 11.3 Å². The number of H-pyrrole nitrogens is 1. The van der Waals surface area contributed by atoms with E-state index >= 15 is 0 Å². The first-order valence-corrected chi connectivity index (χ1v) is 7.43. The predicted octanol–water partition coefficient (Wildman–Crippen LogP) is 3.18. The van der Waals surface area contributed by atoms with E-state index in [1.165, 1.54) is 11.3 Å². The molecule has 0 spiro atoms. The molecule has 0 aliphatic carbocycles. The molecule has 108 valence electrons. The van der Waals surface area contributed by atoms with Crippen molar-refractivity contribution in [2.45, 2.75) is 19.9 Å². The standard InChI is InChI=1S/C14H14N4O2S/c1-8(2)16-14(19)20-9-3-4-10-11(5-9)18-13(17-10)12-6-21-7-15-12/h3-8H,1-2H3,(H,16,19)(H,17,18). The molecule has 0 aliphatic heterocycles. The van der Waals surface area contributed by atoms with Crippen molar-refractivity contribution in [3.05, 3.63) is 29.1 Å². The van der Waals surface area contributed by atoms with Crippen LogP contribution in [0.25, 0.3) is 22.6 Å². The molecular formula is C14H14N4O2S. The second kappa shape index (κ2) is 5.53. The number of hydrogen-bond acceptors (Lipinski definition) is 5. The highest BCUT2D eigenvalue weighted by Gasteiger charge is 2.10. The number of aromatic amines is 1. The maximum absolute atomic E-state index is 11.6. The second-order valence-corrected chi connectivity index (χ2v) is 5.55. The van der Waals surface area contributed by atoms with Crippen molar-refractivity contribution >= 4 is 28.5 Å². The van der Waals surface area contributed by atoms with Gasteiger partial charge in [0.05, 0.1) is 16.5 Å². The summed E-state index contributed by atoms with van der Waals surface area (Å²) >= 11 is 1.51. The van der Waals surface area contributed by atoms with Gasteiger partial charge in [-0.2, -0.15) is 0 Å². The van der Waals surface area contributed by atoms with Crippen LogP contribution in [-0.4, -0.2) is 27.1 Å². The molecule has 1 amide bonds. The van der Waals surface area contributed by atoms with Gasteiger partial charge in [0, 0.05) is 17.5 Å². The van der Waals surface area contributed by atoms with Crippen LogP contribution in [0, 0.1) is 0 Å². The Bertz CT molecular complexity index is 764. The summed E-state index contributed by atoms with van der Waals surface area (Å²) in [6.45, 7) is 3.75. The highest BCUT2D eigenvalue weighted by molar-refractivity contribution is 7.07. The van der Waals surface area contributed by atoms with Gasteiger partial charge in [-0.25, -0.2) is 14.8 Å². The molecule has 0 bridgehead atoms. The predicted molar refractivity (Wildman–Crippen MR) is 81.5 cm³/mol. The molecule has 3 aromatic rings. The second-order valence-electron chi connectivity index (χ2n) is 4.83. The van der Waals surface area contributed by atoms with Crippen LogP contribution in [0.4, 0.5) is 4.79 Å². The number of imidazole rings is 1. The van der Waals surface area contributed by atoms with Gasteiger partial charge in [-0.3, -0.25) is 0 Å². The average Bonchev–Trinajstić information content (AvgIpc) is 3.05. The number of ether oxygens (including phenoxy) is 1. The number of carbonyl (C=O) groups excluding carboxylic acids is 1. The molecule has 0 radical (unpaired) electrons. The minimum absolute atomic E-state index is 0.0304. The highest BCUT2D eigenvalue weighted by Crippen LogP contribution is 2.23. The summed E-state index contributed by atoms with van der Waals surface area (Å²) in [4.78, 5) is 23.4. The van der Waals surface area contributed by atoms with Gasteiger partial charge in [-0.15, -0.1) is 11.3 Å². The summed E-state index contributed by atoms with van der Waals surface area (Å²) < 4.78 is 5.22. The van der Waals surface area contributed by atoms with E-state index < -0.39 is 6.09 Å². The van der Waals surface area contributed by atoms with Crippen LogP contribution in [0.1, 0.15) is 13.8 Å². The molecule has 7 heteroatoms. The Labute approximate surface area is 125 Å². The number of rotatable bonds is 3. The minimum atomic E-state index is -0.473. The van der Waals surface area contributed by atoms with Crippen molar-refractivity contribution in [3.8, 4) is 17.3 Å². The number of aromatic nitrogens is 3. The molecule has 0 saturated carbocycles. The highest BCUT2D eigenvalue weighted by atomic mass is 32.1. The Balaban J connectivity index is 1.85. The van der Waals surface area contributed by atoms with E-state index in [4.69, 9.17) is 4.74 Å². The number of fused-ring (bicyclic) bond motifs is 1. The van der Waals surface area contributed by atoms with E-state index in [0.717, 1.165) is 16.7 Å². The molecule has 3 rings (SSSR count). The van der Waals surface area contributed by atoms with Gasteiger partial charge in [0.25, 0.3) is 0 Å². The van der Waals surface area contributed by atoms with E-state index in [1.807, 2.05) is 25.3 Å². The molecule has 2 N–H and O–H groups in total. The normalized spacial score (nSPS) is 11.0. The number of hydrogen-bond donors (Lipinski definition) is 2. The SMILES string of the molecule is CC(C)NC(=O)Oc1ccc2[nH]c(-c3cscn3)nc2c1. The molecule has 2 aromatic heterocycles. The van der Waals surface area contributed by atoms with E-state index in [1.54, 1.807) is 17.6 Å². The van der Waals surface area contributed by atoms with Crippen molar-refractivity contribution in [1.82, 2.24) is 20.3 Å². The van der Waals surface area contributed by atoms with Crippen LogP contribution in [0.2, 0.25) is 0 Å². The zero-order valence-corrected chi connectivity index (χ0v) is 12.4. The number of thiazole rings is 1. The van der Waals surface area contributed by atoms with Crippen LogP contribution in [-0.2, 0) is 0 Å². The lowest BCUT2D eigenvalue weighted by atomic mass is 10.3. The summed E-state index contributed by atoms with van der Waals surface area (Å²) in [6.07, 6.45) is -0.473. The number of benzene rings is 1. The summed E-state index contributed by atoms with van der Waals surface area (Å²) in [5, 5.41) is 4.59. The fourth-order valence-electron chi connectivity index (χ4n) is 1.87. The summed E-state index contributed by atoms with van der Waals surface area (Å²) in [5.74, 6) is 1.16. The Morgan fingerprint density at radius 3 is 3.00 bits per heavy atom. The quantitative estimate of drug-likeness (QED) is 0.778. The van der Waals surface area contributed by atoms with E-state index in [0.29, 0.717) is 11.6 Å². The van der Waals surface area contributed by atoms with Crippen LogP contribution in [0.3, 0.4) is 0 Å². The first-order chi connectivity index (χ1) is 10.1. The number of nitrogens with one attached hydrogen (secondary N) is 2. The molecule has 0 aliphatic rings. The zero-order chi connectivity index (χ0) is 14.8. The number of nitrogens with zero attached hydrogens (tertiary/aromatic N) is 2. The largest absolute Gasteiger partial charge is 0.412 e. The van der Waals surface area contributed by atoms with Gasteiger partial charge in [0.2, 0.25) is 0 Å². The first-order valence-electron chi connectivity index (χ1n) is 6.48. The molecule has 1 aromatic carbocycles. The summed E-state index contributed by atoms with van der Waals surface area (Å²) in [6, 6.07) is 5.31. The van der Waals surface area contributed by atoms with Crippen molar-refractivity contribution in [1.29, 1.82) is 0 Å². The van der Waals surface area contributed by atoms with Crippen molar-refractivity contribution in [2.75, 3.05) is 0 Å². The van der Waals surface area contributed by atoms with Gasteiger partial charge in [0.15, 0.2) is 5.82 Å². The fourth-order valence-corrected chi connectivity index (χ4v) is 2.41. The lowest BCUT2D eigenvalue weighted by Gasteiger charge is -2.08. The van der Waals surface area contributed by atoms with E-state index in [9.17, 15) is 4.79 Å². The summed E-state index contributed by atoms with van der Waals surface area (Å²) in [5.41, 5.74) is 4.16. The fraction of sp³-hybridized carbons (Fsp3) is 0.214. The first kappa shape index (κ1) is 13.6. The summed E-state index contributed by atoms with van der Waals surface area (Å²) in [7, 11) is 0. The molecular weight excluding hydrogens is 288 g/mol. The van der Waals surface area contributed by atoms with Crippen molar-refractivity contribution < 1.29 is 9.53 Å². The average molecular weight is 302 g/mol. The smallest absolute Gasteiger partial charge is 0.410 e. The van der Waals surface area contributed by atoms with Crippen LogP contribution in [0.15, 0.2) is 29.1 Å². The third kappa shape index (κ3) is 3.03. The molecule has 6 nitrogen and oxygen atoms in total. The molecule has 0 fully saturated rings. The van der Waals surface area contributed by atoms with Crippen molar-refractivity contribution in [2.24, 2.45) is 0 Å². The Hall–Kier alpha value is -2.41. The molecule has 0 unspecified atom stereocenters. The van der Waals surface area contributed by atoms with Gasteiger partial charge < -0.3 is 15.0 Å². The maximum Gasteiger partial charge on any atom is 0.412 e. The molecule has 0 saturated heterocycles. The monoisotopic (exact) mass is 302 g/mol. The maximum atomic E-state index is 11.6. The topological polar surface area (TPSA) is 79.9 Å². The van der Waals surface area contributed by atoms with Gasteiger partial charge in [0.1, 0.15) is 11.4 Å². The third-order valence-corrected chi connectivity index (χ3v) is 3.33. The van der Waals surface area contributed by atoms with Gasteiger partial charge in [-0.05, 0) is 26.0 Å². The van der Waals surface area contributed by atoms with Crippen LogP contribution in [0.5, 0.6) is 5.75 Å². The molecule has 21 heavy (non-hydrogen) atoms. The van der Waals surface area contributed by atoms with Gasteiger partial charge in [-0.1, -0.05) is 0 Å². The molecule has 0 atom stereocenters. The lowest BCUT2D eigenvalue weighted by Crippen LogP contribution is -2.32. The van der Waals surface area contributed by atoms with Gasteiger partial charge >= 0.3 is 6.09 Å².